The first kappa shape index (κ1) is 26.9. The predicted molar refractivity (Wildman–Crippen MR) is 152 cm³/mol. The molecule has 1 aromatic heterocycles. The van der Waals surface area contributed by atoms with Gasteiger partial charge in [-0.05, 0) is 95.8 Å². The monoisotopic (exact) mass is 556 g/mol. The molecule has 3 aliphatic carbocycles. The normalized spacial score (nSPS) is 18.9. The Kier molecular flexibility index (Phi) is 6.52. The molecule has 0 radical (unpaired) electrons. The summed E-state index contributed by atoms with van der Waals surface area (Å²) < 4.78 is 34.8. The van der Waals surface area contributed by atoms with Crippen LogP contribution in [0.2, 0.25) is 0 Å². The van der Waals surface area contributed by atoms with Gasteiger partial charge in [0.2, 0.25) is 5.91 Å². The van der Waals surface area contributed by atoms with Gasteiger partial charge in [0, 0.05) is 38.5 Å². The molecule has 0 aliphatic heterocycles. The van der Waals surface area contributed by atoms with E-state index in [-0.39, 0.29) is 40.4 Å². The lowest BCUT2D eigenvalue weighted by atomic mass is 9.43. The number of Topliss-reactive ketones (excluding diaryl/α,β-unsaturated/α-hetero) is 1. The maximum atomic E-state index is 15.0. The predicted octanol–water partition coefficient (Wildman–Crippen LogP) is 6.41. The summed E-state index contributed by atoms with van der Waals surface area (Å²) in [6.45, 7) is 0. The molecule has 0 saturated heterocycles. The molecule has 7 rings (SSSR count). The fourth-order valence-corrected chi connectivity index (χ4v) is 6.29. The Morgan fingerprint density at radius 1 is 0.976 bits per heavy atom. The topological polar surface area (TPSA) is 79.6 Å². The Hall–Kier alpha value is -4.33. The van der Waals surface area contributed by atoms with Gasteiger partial charge in [0.25, 0.3) is 5.91 Å². The molecular weight excluding hydrogens is 526 g/mol. The number of ketones is 1. The van der Waals surface area contributed by atoms with Gasteiger partial charge in [-0.25, -0.2) is 8.78 Å². The van der Waals surface area contributed by atoms with Crippen molar-refractivity contribution in [2.75, 3.05) is 21.1 Å². The average molecular weight is 557 g/mol. The maximum Gasteiger partial charge on any atom is 0.255 e. The van der Waals surface area contributed by atoms with Crippen molar-refractivity contribution in [1.82, 2.24) is 10.2 Å². The molecule has 1 N–H and O–H groups in total. The molecule has 1 heterocycles. The average Bonchev–Trinajstić information content (AvgIpc) is 3.28. The molecule has 3 fully saturated rings. The summed E-state index contributed by atoms with van der Waals surface area (Å²) in [6.07, 6.45) is 3.45. The van der Waals surface area contributed by atoms with Crippen LogP contribution in [0.4, 0.5) is 8.78 Å². The van der Waals surface area contributed by atoms with Gasteiger partial charge in [-0.1, -0.05) is 6.07 Å². The summed E-state index contributed by atoms with van der Waals surface area (Å²) in [7, 11) is 4.82. The largest absolute Gasteiger partial charge is 0.455 e. The minimum absolute atomic E-state index is 0.0192. The number of hydrogen-bond donors (Lipinski definition) is 1. The van der Waals surface area contributed by atoms with Crippen LogP contribution in [0.25, 0.3) is 33.4 Å². The molecule has 0 atom stereocenters. The van der Waals surface area contributed by atoms with Crippen molar-refractivity contribution < 1.29 is 27.6 Å². The Morgan fingerprint density at radius 2 is 1.66 bits per heavy atom. The maximum absolute atomic E-state index is 15.0. The minimum Gasteiger partial charge on any atom is -0.455 e. The third kappa shape index (κ3) is 4.71. The number of carbonyl (C=O) groups is 3. The van der Waals surface area contributed by atoms with E-state index in [4.69, 9.17) is 4.42 Å². The molecule has 3 aromatic carbocycles. The molecule has 3 saturated carbocycles. The van der Waals surface area contributed by atoms with Gasteiger partial charge >= 0.3 is 0 Å². The number of nitrogens with one attached hydrogen (secondary N) is 1. The zero-order valence-corrected chi connectivity index (χ0v) is 23.1. The highest BCUT2D eigenvalue weighted by molar-refractivity contribution is 6.12. The van der Waals surface area contributed by atoms with Crippen molar-refractivity contribution in [3.8, 4) is 22.5 Å². The van der Waals surface area contributed by atoms with Gasteiger partial charge in [0.15, 0.2) is 5.78 Å². The first-order valence-corrected chi connectivity index (χ1v) is 13.7. The van der Waals surface area contributed by atoms with Crippen LogP contribution in [-0.2, 0) is 11.2 Å². The minimum atomic E-state index is -0.578. The van der Waals surface area contributed by atoms with E-state index in [2.05, 4.69) is 5.32 Å². The van der Waals surface area contributed by atoms with E-state index < -0.39 is 17.5 Å². The van der Waals surface area contributed by atoms with Gasteiger partial charge in [0.1, 0.15) is 23.0 Å². The molecule has 4 aromatic rings. The van der Waals surface area contributed by atoms with Crippen molar-refractivity contribution in [3.05, 3.63) is 82.9 Å². The highest BCUT2D eigenvalue weighted by atomic mass is 19.1. The number of benzene rings is 3. The van der Waals surface area contributed by atoms with Crippen LogP contribution in [0.5, 0.6) is 0 Å². The highest BCUT2D eigenvalue weighted by Gasteiger charge is 2.57. The highest BCUT2D eigenvalue weighted by Crippen LogP contribution is 2.66. The lowest BCUT2D eigenvalue weighted by Gasteiger charge is -2.62. The van der Waals surface area contributed by atoms with Crippen LogP contribution in [-0.4, -0.2) is 43.6 Å². The van der Waals surface area contributed by atoms with E-state index in [9.17, 15) is 23.2 Å². The second-order valence-electron chi connectivity index (χ2n) is 11.6. The molecule has 8 heteroatoms. The van der Waals surface area contributed by atoms with E-state index in [0.29, 0.717) is 45.6 Å². The van der Waals surface area contributed by atoms with Crippen LogP contribution < -0.4 is 5.32 Å². The van der Waals surface area contributed by atoms with Crippen molar-refractivity contribution in [2.45, 2.75) is 32.1 Å². The number of likely N-dealkylation sites (N-methyl/N-ethyl adjacent to an activating group) is 1. The Morgan fingerprint density at radius 3 is 2.27 bits per heavy atom. The van der Waals surface area contributed by atoms with Gasteiger partial charge in [-0.15, -0.1) is 0 Å². The van der Waals surface area contributed by atoms with Crippen molar-refractivity contribution in [2.24, 2.45) is 11.3 Å². The molecule has 210 valence electrons. The third-order valence-corrected chi connectivity index (χ3v) is 8.59. The molecule has 2 bridgehead atoms. The molecule has 0 unspecified atom stereocenters. The van der Waals surface area contributed by atoms with E-state index in [1.807, 2.05) is 0 Å². The number of amides is 2. The van der Waals surface area contributed by atoms with Gasteiger partial charge < -0.3 is 14.6 Å². The van der Waals surface area contributed by atoms with Crippen LogP contribution in [0.3, 0.4) is 0 Å². The number of hydrogen-bond acceptors (Lipinski definition) is 4. The Labute approximate surface area is 236 Å². The van der Waals surface area contributed by atoms with E-state index in [1.54, 1.807) is 38.4 Å². The Bertz CT molecular complexity index is 1700. The molecule has 0 spiro atoms. The SMILES string of the molecule is CNC(=O)c1c(-c2ccc(F)cc2)oc2cc(CC(=O)N(C)C)c(-c3ccc(F)c(C(=O)CC45CC(C4)C5)c3)cc12. The van der Waals surface area contributed by atoms with Crippen molar-refractivity contribution >= 4 is 28.6 Å². The fraction of sp³-hybridized carbons (Fsp3) is 0.303. The lowest BCUT2D eigenvalue weighted by molar-refractivity contribution is -0.127. The number of halogens is 2. The van der Waals surface area contributed by atoms with Crippen LogP contribution in [0.1, 0.15) is 52.0 Å². The zero-order chi connectivity index (χ0) is 29.1. The first-order valence-electron chi connectivity index (χ1n) is 13.7. The molecule has 3 aliphatic rings. The molecular formula is C33H30F2N2O4. The smallest absolute Gasteiger partial charge is 0.255 e. The van der Waals surface area contributed by atoms with E-state index in [0.717, 1.165) is 19.3 Å². The van der Waals surface area contributed by atoms with Gasteiger partial charge in [-0.3, -0.25) is 14.4 Å². The van der Waals surface area contributed by atoms with Crippen molar-refractivity contribution in [3.63, 3.8) is 0 Å². The number of fused-ring (bicyclic) bond motifs is 1. The quantitative estimate of drug-likeness (QED) is 0.255. The zero-order valence-electron chi connectivity index (χ0n) is 23.1. The molecule has 2 amide bonds. The number of furan rings is 1. The summed E-state index contributed by atoms with van der Waals surface area (Å²) in [5.41, 5.74) is 2.94. The number of carbonyl (C=O) groups excluding carboxylic acids is 3. The first-order chi connectivity index (χ1) is 19.6. The number of nitrogens with zero attached hydrogens (tertiary/aromatic N) is 1. The van der Waals surface area contributed by atoms with Crippen LogP contribution >= 0.6 is 0 Å². The molecule has 41 heavy (non-hydrogen) atoms. The molecule has 6 nitrogen and oxygen atoms in total. The summed E-state index contributed by atoms with van der Waals surface area (Å²) in [6, 6.07) is 13.5. The second-order valence-corrected chi connectivity index (χ2v) is 11.6. The fourth-order valence-electron chi connectivity index (χ4n) is 6.29. The van der Waals surface area contributed by atoms with E-state index in [1.165, 1.54) is 42.3 Å². The summed E-state index contributed by atoms with van der Waals surface area (Å²) >= 11 is 0. The summed E-state index contributed by atoms with van der Waals surface area (Å²) in [5, 5.41) is 3.12. The van der Waals surface area contributed by atoms with Crippen molar-refractivity contribution in [1.29, 1.82) is 0 Å². The van der Waals surface area contributed by atoms with Gasteiger partial charge in [-0.2, -0.15) is 0 Å². The number of rotatable bonds is 8. The second kappa shape index (κ2) is 9.94. The van der Waals surface area contributed by atoms with Crippen LogP contribution in [0, 0.1) is 23.0 Å². The summed E-state index contributed by atoms with van der Waals surface area (Å²) in [4.78, 5) is 40.6. The summed E-state index contributed by atoms with van der Waals surface area (Å²) in [5.74, 6) is -0.813. The van der Waals surface area contributed by atoms with Crippen LogP contribution in [0.15, 0.2) is 59.0 Å². The standard InChI is InChI=1S/C33H30F2N2O4/c1-36-32(40)30-25-13-23(20-6-9-26(35)24(10-20)27(38)17-33-14-18(15-33)16-33)21(12-29(39)37(2)3)11-28(25)41-31(30)19-4-7-22(34)8-5-19/h4-11,13,18H,12,14-17H2,1-3H3,(H,36,40). The van der Waals surface area contributed by atoms with E-state index >= 15 is 0 Å². The van der Waals surface area contributed by atoms with Gasteiger partial charge in [0.05, 0.1) is 17.5 Å². The Balaban J connectivity index is 1.51. The third-order valence-electron chi connectivity index (χ3n) is 8.59. The lowest BCUT2D eigenvalue weighted by Crippen LogP contribution is -2.52.